The van der Waals surface area contributed by atoms with Crippen LogP contribution in [-0.4, -0.2) is 23.9 Å². The van der Waals surface area contributed by atoms with E-state index in [0.717, 1.165) is 5.69 Å². The Labute approximate surface area is 73.1 Å². The zero-order chi connectivity index (χ0) is 9.19. The lowest BCUT2D eigenvalue weighted by atomic mass is 9.88. The van der Waals surface area contributed by atoms with Gasteiger partial charge in [-0.1, -0.05) is 13.8 Å². The molecule has 0 fully saturated rings. The van der Waals surface area contributed by atoms with Crippen LogP contribution in [0.25, 0.3) is 0 Å². The third-order valence-electron chi connectivity index (χ3n) is 2.01. The summed E-state index contributed by atoms with van der Waals surface area (Å²) in [5.74, 6) is 0. The molecule has 0 aliphatic carbocycles. The van der Waals surface area contributed by atoms with Gasteiger partial charge < -0.3 is 4.74 Å². The van der Waals surface area contributed by atoms with Gasteiger partial charge in [0.15, 0.2) is 0 Å². The lowest BCUT2D eigenvalue weighted by Gasteiger charge is -2.22. The summed E-state index contributed by atoms with van der Waals surface area (Å²) in [6.07, 6.45) is 1.84. The highest BCUT2D eigenvalue weighted by Crippen LogP contribution is 2.23. The molecule has 0 aliphatic heterocycles. The van der Waals surface area contributed by atoms with E-state index in [0.29, 0.717) is 6.61 Å². The molecule has 0 spiro atoms. The van der Waals surface area contributed by atoms with Gasteiger partial charge in [0.25, 0.3) is 0 Å². The standard InChI is InChI=1S/C9H16N2O/c1-7-5-10-11-8(7)9(2,3)6-12-4/h5H,6H2,1-4H3,(H,10,11). The summed E-state index contributed by atoms with van der Waals surface area (Å²) in [6.45, 7) is 7.03. The van der Waals surface area contributed by atoms with Crippen LogP contribution in [0, 0.1) is 6.92 Å². The van der Waals surface area contributed by atoms with Crippen molar-refractivity contribution < 1.29 is 4.74 Å². The minimum Gasteiger partial charge on any atom is -0.384 e. The first-order valence-corrected chi connectivity index (χ1v) is 4.07. The third-order valence-corrected chi connectivity index (χ3v) is 2.01. The van der Waals surface area contributed by atoms with Gasteiger partial charge in [-0.3, -0.25) is 5.10 Å². The molecule has 3 heteroatoms. The van der Waals surface area contributed by atoms with Gasteiger partial charge >= 0.3 is 0 Å². The quantitative estimate of drug-likeness (QED) is 0.745. The fourth-order valence-electron chi connectivity index (χ4n) is 1.46. The van der Waals surface area contributed by atoms with Crippen LogP contribution in [0.1, 0.15) is 25.1 Å². The molecule has 0 bridgehead atoms. The summed E-state index contributed by atoms with van der Waals surface area (Å²) in [7, 11) is 1.72. The Kier molecular flexibility index (Phi) is 2.52. The van der Waals surface area contributed by atoms with Gasteiger partial charge in [0.2, 0.25) is 0 Å². The summed E-state index contributed by atoms with van der Waals surface area (Å²) in [6, 6.07) is 0. The van der Waals surface area contributed by atoms with Crippen molar-refractivity contribution in [2.45, 2.75) is 26.2 Å². The number of aromatic nitrogens is 2. The Morgan fingerprint density at radius 3 is 2.67 bits per heavy atom. The lowest BCUT2D eigenvalue weighted by molar-refractivity contribution is 0.144. The fourth-order valence-corrected chi connectivity index (χ4v) is 1.46. The number of aryl methyl sites for hydroxylation is 1. The van der Waals surface area contributed by atoms with Gasteiger partial charge in [-0.15, -0.1) is 0 Å². The summed E-state index contributed by atoms with van der Waals surface area (Å²) < 4.78 is 5.14. The Hall–Kier alpha value is -0.830. The molecule has 1 aromatic rings. The summed E-state index contributed by atoms with van der Waals surface area (Å²) >= 11 is 0. The monoisotopic (exact) mass is 168 g/mol. The van der Waals surface area contributed by atoms with Gasteiger partial charge in [0.1, 0.15) is 0 Å². The molecular weight excluding hydrogens is 152 g/mol. The number of nitrogens with one attached hydrogen (secondary N) is 1. The van der Waals surface area contributed by atoms with Crippen molar-refractivity contribution in [3.05, 3.63) is 17.5 Å². The predicted molar refractivity (Wildman–Crippen MR) is 48.2 cm³/mol. The van der Waals surface area contributed by atoms with Crippen LogP contribution < -0.4 is 0 Å². The molecule has 0 aliphatic rings. The minimum absolute atomic E-state index is 0.0231. The van der Waals surface area contributed by atoms with Gasteiger partial charge in [-0.25, -0.2) is 0 Å². The number of nitrogens with zero attached hydrogens (tertiary/aromatic N) is 1. The predicted octanol–water partition coefficient (Wildman–Crippen LogP) is 1.64. The fraction of sp³-hybridized carbons (Fsp3) is 0.667. The van der Waals surface area contributed by atoms with Gasteiger partial charge in [-0.2, -0.15) is 5.10 Å². The maximum absolute atomic E-state index is 5.14. The number of ether oxygens (including phenoxy) is 1. The molecule has 0 saturated heterocycles. The molecule has 1 aromatic heterocycles. The number of rotatable bonds is 3. The summed E-state index contributed by atoms with van der Waals surface area (Å²) in [5.41, 5.74) is 2.37. The molecule has 0 aromatic carbocycles. The van der Waals surface area contributed by atoms with E-state index >= 15 is 0 Å². The Morgan fingerprint density at radius 2 is 2.25 bits per heavy atom. The van der Waals surface area contributed by atoms with Crippen molar-refractivity contribution in [2.24, 2.45) is 0 Å². The third kappa shape index (κ3) is 1.67. The molecule has 1 rings (SSSR count). The van der Waals surface area contributed by atoms with Crippen LogP contribution in [0.5, 0.6) is 0 Å². The first kappa shape index (κ1) is 9.26. The van der Waals surface area contributed by atoms with Crippen LogP contribution in [-0.2, 0) is 10.2 Å². The van der Waals surface area contributed by atoms with Crippen LogP contribution >= 0.6 is 0 Å². The van der Waals surface area contributed by atoms with Crippen LogP contribution in [0.2, 0.25) is 0 Å². The maximum atomic E-state index is 5.14. The number of H-pyrrole nitrogens is 1. The first-order valence-electron chi connectivity index (χ1n) is 4.07. The van der Waals surface area contributed by atoms with Gasteiger partial charge in [0.05, 0.1) is 12.8 Å². The SMILES string of the molecule is COCC(C)(C)c1[nH]ncc1C. The average Bonchev–Trinajstić information content (AvgIpc) is 2.35. The number of aromatic amines is 1. The summed E-state index contributed by atoms with van der Waals surface area (Å²) in [4.78, 5) is 0. The highest BCUT2D eigenvalue weighted by molar-refractivity contribution is 5.22. The van der Waals surface area contributed by atoms with E-state index in [9.17, 15) is 0 Å². The maximum Gasteiger partial charge on any atom is 0.0568 e. The molecule has 1 N–H and O–H groups in total. The smallest absolute Gasteiger partial charge is 0.0568 e. The second-order valence-corrected chi connectivity index (χ2v) is 3.74. The molecule has 3 nitrogen and oxygen atoms in total. The van der Waals surface area contributed by atoms with E-state index in [1.807, 2.05) is 6.20 Å². The van der Waals surface area contributed by atoms with Crippen molar-refractivity contribution in [3.63, 3.8) is 0 Å². The average molecular weight is 168 g/mol. The van der Waals surface area contributed by atoms with Crippen molar-refractivity contribution in [1.29, 1.82) is 0 Å². The molecule has 0 atom stereocenters. The zero-order valence-corrected chi connectivity index (χ0v) is 8.14. The Bertz CT molecular complexity index is 253. The van der Waals surface area contributed by atoms with Crippen molar-refractivity contribution in [2.75, 3.05) is 13.7 Å². The number of hydrogen-bond acceptors (Lipinski definition) is 2. The van der Waals surface area contributed by atoms with E-state index in [2.05, 4.69) is 31.0 Å². The van der Waals surface area contributed by atoms with E-state index in [1.165, 1.54) is 5.56 Å². The van der Waals surface area contributed by atoms with E-state index < -0.39 is 0 Å². The number of hydrogen-bond donors (Lipinski definition) is 1. The second kappa shape index (κ2) is 3.27. The minimum atomic E-state index is 0.0231. The highest BCUT2D eigenvalue weighted by atomic mass is 16.5. The Balaban J connectivity index is 2.88. The van der Waals surface area contributed by atoms with Crippen LogP contribution in [0.15, 0.2) is 6.20 Å². The first-order chi connectivity index (χ1) is 5.58. The molecule has 0 saturated carbocycles. The van der Waals surface area contributed by atoms with E-state index in [4.69, 9.17) is 4.74 Å². The molecule has 68 valence electrons. The molecule has 0 radical (unpaired) electrons. The summed E-state index contributed by atoms with van der Waals surface area (Å²) in [5, 5.41) is 6.99. The van der Waals surface area contributed by atoms with Gasteiger partial charge in [-0.05, 0) is 12.5 Å². The Morgan fingerprint density at radius 1 is 1.58 bits per heavy atom. The molecular formula is C9H16N2O. The molecule has 0 amide bonds. The molecule has 1 heterocycles. The normalized spacial score (nSPS) is 12.0. The van der Waals surface area contributed by atoms with Crippen molar-refractivity contribution in [1.82, 2.24) is 10.2 Å². The number of methoxy groups -OCH3 is 1. The highest BCUT2D eigenvalue weighted by Gasteiger charge is 2.23. The van der Waals surface area contributed by atoms with Crippen LogP contribution in [0.4, 0.5) is 0 Å². The molecule has 12 heavy (non-hydrogen) atoms. The lowest BCUT2D eigenvalue weighted by Crippen LogP contribution is -2.25. The zero-order valence-electron chi connectivity index (χ0n) is 8.14. The topological polar surface area (TPSA) is 37.9 Å². The van der Waals surface area contributed by atoms with E-state index in [1.54, 1.807) is 7.11 Å². The van der Waals surface area contributed by atoms with Gasteiger partial charge in [0, 0.05) is 18.2 Å². The largest absolute Gasteiger partial charge is 0.384 e. The second-order valence-electron chi connectivity index (χ2n) is 3.74. The van der Waals surface area contributed by atoms with Crippen LogP contribution in [0.3, 0.4) is 0 Å². The van der Waals surface area contributed by atoms with Crippen molar-refractivity contribution in [3.8, 4) is 0 Å². The molecule has 0 unspecified atom stereocenters. The van der Waals surface area contributed by atoms with E-state index in [-0.39, 0.29) is 5.41 Å². The van der Waals surface area contributed by atoms with Crippen molar-refractivity contribution >= 4 is 0 Å².